The molecule has 85 heavy (non-hydrogen) atoms. The zero-order valence-electron chi connectivity index (χ0n) is 54.8. The number of allylic oxidation sites excluding steroid dienone is 20. The molecule has 0 fully saturated rings. The number of ether oxygens (including phenoxy) is 2. The van der Waals surface area contributed by atoms with Crippen LogP contribution in [0, 0.1) is 0 Å². The molecule has 0 saturated carbocycles. The van der Waals surface area contributed by atoms with Gasteiger partial charge in [0.15, 0.2) is 6.10 Å². The molecule has 0 aromatic heterocycles. The third-order valence-corrected chi connectivity index (χ3v) is 15.8. The molecule has 2 unspecified atom stereocenters. The van der Waals surface area contributed by atoms with Crippen LogP contribution < -0.4 is 5.73 Å². The fourth-order valence-corrected chi connectivity index (χ4v) is 10.5. The fourth-order valence-electron chi connectivity index (χ4n) is 9.75. The van der Waals surface area contributed by atoms with Gasteiger partial charge in [-0.3, -0.25) is 18.6 Å². The number of carbonyl (C=O) groups excluding carboxylic acids is 2. The van der Waals surface area contributed by atoms with Gasteiger partial charge in [-0.15, -0.1) is 0 Å². The van der Waals surface area contributed by atoms with Crippen molar-refractivity contribution in [2.45, 2.75) is 315 Å². The summed E-state index contributed by atoms with van der Waals surface area (Å²) in [6.45, 7) is 3.54. The van der Waals surface area contributed by atoms with E-state index in [1.54, 1.807) is 0 Å². The van der Waals surface area contributed by atoms with E-state index in [1.807, 2.05) is 0 Å². The van der Waals surface area contributed by atoms with Crippen molar-refractivity contribution in [3.8, 4) is 0 Å². The van der Waals surface area contributed by atoms with Gasteiger partial charge in [-0.1, -0.05) is 315 Å². The van der Waals surface area contributed by atoms with Gasteiger partial charge in [-0.2, -0.15) is 0 Å². The van der Waals surface area contributed by atoms with E-state index < -0.39 is 26.5 Å². The first-order valence-electron chi connectivity index (χ1n) is 35.0. The molecule has 0 aromatic carbocycles. The molecule has 2 atom stereocenters. The fraction of sp³-hybridized carbons (Fsp3) is 0.707. The minimum absolute atomic E-state index is 0.0493. The van der Waals surface area contributed by atoms with Crippen LogP contribution >= 0.6 is 7.82 Å². The molecule has 0 aliphatic rings. The van der Waals surface area contributed by atoms with Crippen molar-refractivity contribution in [1.29, 1.82) is 0 Å². The van der Waals surface area contributed by atoms with Crippen molar-refractivity contribution in [1.82, 2.24) is 0 Å². The molecule has 0 aliphatic heterocycles. The summed E-state index contributed by atoms with van der Waals surface area (Å²) in [5.41, 5.74) is 5.40. The van der Waals surface area contributed by atoms with Gasteiger partial charge in [0.25, 0.3) is 0 Å². The summed E-state index contributed by atoms with van der Waals surface area (Å²) in [5.74, 6) is -0.828. The van der Waals surface area contributed by atoms with Gasteiger partial charge in [0.05, 0.1) is 13.2 Å². The van der Waals surface area contributed by atoms with Crippen LogP contribution in [-0.4, -0.2) is 49.3 Å². The Kier molecular flexibility index (Phi) is 66.6. The molecule has 0 bridgehead atoms. The lowest BCUT2D eigenvalue weighted by Gasteiger charge is -2.19. The van der Waals surface area contributed by atoms with E-state index in [4.69, 9.17) is 24.3 Å². The highest BCUT2D eigenvalue weighted by Gasteiger charge is 2.26. The van der Waals surface area contributed by atoms with E-state index >= 15 is 0 Å². The largest absolute Gasteiger partial charge is 0.472 e. The number of hydrogen-bond donors (Lipinski definition) is 2. The van der Waals surface area contributed by atoms with Crippen molar-refractivity contribution in [2.24, 2.45) is 5.73 Å². The Morgan fingerprint density at radius 3 is 0.906 bits per heavy atom. The summed E-state index contributed by atoms with van der Waals surface area (Å²) in [6.07, 6.45) is 97.2. The third-order valence-electron chi connectivity index (χ3n) is 14.8. The Morgan fingerprint density at radius 1 is 0.353 bits per heavy atom. The Hall–Kier alpha value is -3.59. The van der Waals surface area contributed by atoms with E-state index in [9.17, 15) is 19.0 Å². The molecule has 0 rings (SSSR count). The van der Waals surface area contributed by atoms with Crippen molar-refractivity contribution < 1.29 is 37.6 Å². The van der Waals surface area contributed by atoms with E-state index in [-0.39, 0.29) is 38.6 Å². The number of hydrogen-bond acceptors (Lipinski definition) is 8. The number of phosphoric ester groups is 1. The van der Waals surface area contributed by atoms with Gasteiger partial charge in [-0.25, -0.2) is 4.57 Å². The van der Waals surface area contributed by atoms with Gasteiger partial charge in [0, 0.05) is 19.4 Å². The second-order valence-corrected chi connectivity index (χ2v) is 24.4. The minimum Gasteiger partial charge on any atom is -0.462 e. The Bertz CT molecular complexity index is 1810. The highest BCUT2D eigenvalue weighted by Crippen LogP contribution is 2.43. The monoisotopic (exact) mass is 1200 g/mol. The topological polar surface area (TPSA) is 134 Å². The van der Waals surface area contributed by atoms with Gasteiger partial charge < -0.3 is 20.1 Å². The number of rotatable bonds is 65. The second-order valence-electron chi connectivity index (χ2n) is 23.0. The van der Waals surface area contributed by atoms with Gasteiger partial charge >= 0.3 is 19.8 Å². The summed E-state index contributed by atoms with van der Waals surface area (Å²) in [4.78, 5) is 35.4. The summed E-state index contributed by atoms with van der Waals surface area (Å²) in [6, 6.07) is 0. The lowest BCUT2D eigenvalue weighted by Crippen LogP contribution is -2.29. The first kappa shape index (κ1) is 81.4. The number of unbranched alkanes of at least 4 members (excludes halogenated alkanes) is 32. The maximum absolute atomic E-state index is 12.8. The molecular formula is C75H130NO8P. The molecule has 0 spiro atoms. The molecule has 488 valence electrons. The first-order valence-corrected chi connectivity index (χ1v) is 36.5. The van der Waals surface area contributed by atoms with Crippen LogP contribution in [0.15, 0.2) is 122 Å². The molecule has 0 aromatic rings. The molecule has 10 heteroatoms. The molecule has 9 nitrogen and oxygen atoms in total. The summed E-state index contributed by atoms with van der Waals surface area (Å²) < 4.78 is 33.2. The highest BCUT2D eigenvalue weighted by atomic mass is 31.2. The van der Waals surface area contributed by atoms with Crippen LogP contribution in [-0.2, 0) is 32.7 Å². The quantitative estimate of drug-likeness (QED) is 0.0264. The minimum atomic E-state index is -4.40. The van der Waals surface area contributed by atoms with Crippen molar-refractivity contribution in [2.75, 3.05) is 26.4 Å². The maximum Gasteiger partial charge on any atom is 0.472 e. The molecule has 3 N–H and O–H groups in total. The molecule has 0 saturated heterocycles. The Morgan fingerprint density at radius 2 is 0.612 bits per heavy atom. The zero-order chi connectivity index (χ0) is 61.6. The lowest BCUT2D eigenvalue weighted by molar-refractivity contribution is -0.161. The number of nitrogens with two attached hydrogens (primary N) is 1. The average molecular weight is 1200 g/mol. The number of esters is 2. The van der Waals surface area contributed by atoms with Crippen LogP contribution in [0.25, 0.3) is 0 Å². The third kappa shape index (κ3) is 69.4. The first-order chi connectivity index (χ1) is 41.8. The zero-order valence-corrected chi connectivity index (χ0v) is 55.7. The van der Waals surface area contributed by atoms with E-state index in [2.05, 4.69) is 135 Å². The van der Waals surface area contributed by atoms with Crippen molar-refractivity contribution in [3.05, 3.63) is 122 Å². The summed E-state index contributed by atoms with van der Waals surface area (Å²) in [7, 11) is -4.40. The van der Waals surface area contributed by atoms with Crippen LogP contribution in [0.4, 0.5) is 0 Å². The summed E-state index contributed by atoms with van der Waals surface area (Å²) >= 11 is 0. The van der Waals surface area contributed by atoms with Crippen LogP contribution in [0.2, 0.25) is 0 Å². The SMILES string of the molecule is CC/C=C\C/C=C\C/C=C\C/C=C\C/C=C\CCCCCCCCCCCCCCCCCCCCCCCCCC(=O)OC(COC(=O)CCCCCCCCCCC/C=C\C/C=C\C/C=C\C/C=C\C/C=C\CC)COP(=O)(O)OCCN. The average Bonchev–Trinajstić information content (AvgIpc) is 3.53. The predicted molar refractivity (Wildman–Crippen MR) is 367 cm³/mol. The molecular weight excluding hydrogens is 1070 g/mol. The molecule has 0 radical (unpaired) electrons. The van der Waals surface area contributed by atoms with E-state index in [0.717, 1.165) is 116 Å². The number of phosphoric acid groups is 1. The lowest BCUT2D eigenvalue weighted by atomic mass is 10.0. The predicted octanol–water partition coefficient (Wildman–Crippen LogP) is 23.1. The molecule has 0 aliphatic carbocycles. The van der Waals surface area contributed by atoms with Crippen molar-refractivity contribution >= 4 is 19.8 Å². The van der Waals surface area contributed by atoms with Crippen LogP contribution in [0.5, 0.6) is 0 Å². The summed E-state index contributed by atoms with van der Waals surface area (Å²) in [5, 5.41) is 0. The van der Waals surface area contributed by atoms with Gasteiger partial charge in [-0.05, 0) is 103 Å². The Labute approximate surface area is 523 Å². The van der Waals surface area contributed by atoms with Crippen LogP contribution in [0.3, 0.4) is 0 Å². The van der Waals surface area contributed by atoms with Crippen molar-refractivity contribution in [3.63, 3.8) is 0 Å². The molecule has 0 heterocycles. The van der Waals surface area contributed by atoms with Gasteiger partial charge in [0.1, 0.15) is 6.61 Å². The maximum atomic E-state index is 12.8. The van der Waals surface area contributed by atoms with Crippen LogP contribution in [0.1, 0.15) is 309 Å². The second kappa shape index (κ2) is 69.5. The highest BCUT2D eigenvalue weighted by molar-refractivity contribution is 7.47. The number of carbonyl (C=O) groups is 2. The normalized spacial score (nSPS) is 13.7. The van der Waals surface area contributed by atoms with E-state index in [1.165, 1.54) is 161 Å². The standard InChI is InChI=1S/C75H130NO8P/c1-3-5-7-9-11-13-15-17-19-21-23-25-27-29-30-31-32-33-34-35-36-37-38-39-40-41-42-44-46-48-50-52-54-56-58-60-62-64-66-68-75(78)84-73(72-83-85(79,80)82-70-69-76)71-81-74(77)67-65-63-61-59-57-55-53-51-49-47-45-43-28-26-24-22-20-18-16-14-12-10-8-6-4-2/h5-8,11-14,17-20,23-26,29-30,43,45,73H,3-4,9-10,15-16,21-22,27-28,31-42,44,46-72,76H2,1-2H3,(H,79,80)/b7-5-,8-6-,13-11-,14-12-,19-17-,20-18-,25-23-,26-24-,30-29-,45-43-. The van der Waals surface area contributed by atoms with E-state index in [0.29, 0.717) is 6.42 Å². The molecule has 0 amide bonds. The van der Waals surface area contributed by atoms with Gasteiger partial charge in [0.2, 0.25) is 0 Å². The smallest absolute Gasteiger partial charge is 0.462 e. The Balaban J connectivity index is 3.84.